The van der Waals surface area contributed by atoms with Gasteiger partial charge in [0.25, 0.3) is 0 Å². The molecule has 0 aromatic heterocycles. The lowest BCUT2D eigenvalue weighted by Crippen LogP contribution is -2.29. The van der Waals surface area contributed by atoms with Gasteiger partial charge in [-0.15, -0.1) is 0 Å². The molecule has 0 aliphatic heterocycles. The van der Waals surface area contributed by atoms with Crippen molar-refractivity contribution in [3.8, 4) is 5.75 Å². The summed E-state index contributed by atoms with van der Waals surface area (Å²) in [5, 5.41) is 3.17. The topological polar surface area (TPSA) is 21.3 Å². The van der Waals surface area contributed by atoms with Gasteiger partial charge in [-0.25, -0.2) is 0 Å². The Morgan fingerprint density at radius 1 is 1.44 bits per heavy atom. The van der Waals surface area contributed by atoms with Crippen molar-refractivity contribution >= 4 is 15.9 Å². The first-order valence-electron chi connectivity index (χ1n) is 5.74. The summed E-state index contributed by atoms with van der Waals surface area (Å²) in [6, 6.07) is 6.13. The van der Waals surface area contributed by atoms with Gasteiger partial charge >= 0.3 is 0 Å². The zero-order valence-electron chi connectivity index (χ0n) is 10.2. The lowest BCUT2D eigenvalue weighted by Gasteiger charge is -2.19. The number of benzene rings is 1. The Labute approximate surface area is 107 Å². The minimum atomic E-state index is 0.259. The fourth-order valence-corrected chi connectivity index (χ4v) is 2.15. The monoisotopic (exact) mass is 285 g/mol. The van der Waals surface area contributed by atoms with Crippen molar-refractivity contribution < 1.29 is 4.74 Å². The maximum atomic E-state index is 6.00. The zero-order chi connectivity index (χ0) is 12.0. The molecule has 1 aromatic carbocycles. The number of aryl methyl sites for hydroxylation is 1. The number of halogens is 1. The summed E-state index contributed by atoms with van der Waals surface area (Å²) in [5.41, 5.74) is 1.17. The Balaban J connectivity index is 2.68. The van der Waals surface area contributed by atoms with Crippen LogP contribution in [0.25, 0.3) is 0 Å². The van der Waals surface area contributed by atoms with Crippen LogP contribution in [0.5, 0.6) is 5.75 Å². The molecule has 3 heteroatoms. The lowest BCUT2D eigenvalue weighted by molar-refractivity contribution is 0.188. The first-order valence-corrected chi connectivity index (χ1v) is 6.54. The molecule has 0 amide bonds. The fraction of sp³-hybridized carbons (Fsp3) is 0.538. The van der Waals surface area contributed by atoms with E-state index in [1.54, 1.807) is 0 Å². The Kier molecular flexibility index (Phi) is 5.85. The van der Waals surface area contributed by atoms with Gasteiger partial charge in [-0.05, 0) is 44.2 Å². The minimum Gasteiger partial charge on any atom is -0.489 e. The third-order valence-corrected chi connectivity index (χ3v) is 2.97. The molecule has 0 aliphatic carbocycles. The second kappa shape index (κ2) is 6.92. The van der Waals surface area contributed by atoms with Gasteiger partial charge in [0.2, 0.25) is 0 Å². The predicted octanol–water partition coefficient (Wildman–Crippen LogP) is 3.52. The van der Waals surface area contributed by atoms with E-state index < -0.39 is 0 Å². The number of likely N-dealkylation sites (N-methyl/N-ethyl adjacent to an activating group) is 1. The number of hydrogen-bond donors (Lipinski definition) is 1. The van der Waals surface area contributed by atoms with Crippen LogP contribution < -0.4 is 10.1 Å². The van der Waals surface area contributed by atoms with E-state index in [0.29, 0.717) is 0 Å². The van der Waals surface area contributed by atoms with E-state index in [1.807, 2.05) is 19.2 Å². The molecule has 1 aromatic rings. The van der Waals surface area contributed by atoms with E-state index in [1.165, 1.54) is 5.56 Å². The molecule has 16 heavy (non-hydrogen) atoms. The normalized spacial score (nSPS) is 12.5. The molecule has 1 N–H and O–H groups in total. The smallest absolute Gasteiger partial charge is 0.122 e. The number of rotatable bonds is 6. The van der Waals surface area contributed by atoms with Crippen molar-refractivity contribution in [2.24, 2.45) is 0 Å². The summed E-state index contributed by atoms with van der Waals surface area (Å²) in [6.45, 7) is 5.15. The largest absolute Gasteiger partial charge is 0.489 e. The summed E-state index contributed by atoms with van der Waals surface area (Å²) in [7, 11) is 1.96. The van der Waals surface area contributed by atoms with Gasteiger partial charge in [-0.2, -0.15) is 0 Å². The highest BCUT2D eigenvalue weighted by Gasteiger charge is 2.10. The lowest BCUT2D eigenvalue weighted by atomic mass is 10.2. The van der Waals surface area contributed by atoms with Gasteiger partial charge in [0.05, 0.1) is 0 Å². The molecule has 2 nitrogen and oxygen atoms in total. The molecule has 0 saturated carbocycles. The van der Waals surface area contributed by atoms with Crippen molar-refractivity contribution in [3.63, 3.8) is 0 Å². The number of hydrogen-bond acceptors (Lipinski definition) is 2. The Hall–Kier alpha value is -0.540. The van der Waals surface area contributed by atoms with E-state index in [9.17, 15) is 0 Å². The number of nitrogens with one attached hydrogen (secondary N) is 1. The van der Waals surface area contributed by atoms with Crippen molar-refractivity contribution in [2.45, 2.75) is 32.8 Å². The maximum absolute atomic E-state index is 6.00. The second-order valence-corrected chi connectivity index (χ2v) is 4.91. The van der Waals surface area contributed by atoms with Crippen LogP contribution in [-0.4, -0.2) is 19.7 Å². The SMILES string of the molecule is CCCC(CNC)Oc1ccc(Br)cc1C. The summed E-state index contributed by atoms with van der Waals surface area (Å²) in [4.78, 5) is 0. The van der Waals surface area contributed by atoms with E-state index in [0.717, 1.165) is 29.6 Å². The Bertz CT molecular complexity index is 322. The molecule has 0 saturated heterocycles. The van der Waals surface area contributed by atoms with E-state index in [2.05, 4.69) is 41.2 Å². The Morgan fingerprint density at radius 2 is 2.19 bits per heavy atom. The van der Waals surface area contributed by atoms with Crippen molar-refractivity contribution in [2.75, 3.05) is 13.6 Å². The first-order chi connectivity index (χ1) is 7.67. The van der Waals surface area contributed by atoms with Crippen LogP contribution in [0, 0.1) is 6.92 Å². The van der Waals surface area contributed by atoms with Crippen LogP contribution in [0.15, 0.2) is 22.7 Å². The highest BCUT2D eigenvalue weighted by atomic mass is 79.9. The third-order valence-electron chi connectivity index (χ3n) is 2.47. The fourth-order valence-electron chi connectivity index (χ4n) is 1.68. The molecule has 0 aliphatic rings. The molecule has 1 atom stereocenters. The average molecular weight is 286 g/mol. The quantitative estimate of drug-likeness (QED) is 0.864. The van der Waals surface area contributed by atoms with Crippen LogP contribution in [-0.2, 0) is 0 Å². The summed E-state index contributed by atoms with van der Waals surface area (Å²) in [5.74, 6) is 0.983. The van der Waals surface area contributed by atoms with E-state index in [4.69, 9.17) is 4.74 Å². The molecule has 1 rings (SSSR count). The summed E-state index contributed by atoms with van der Waals surface area (Å²) < 4.78 is 7.09. The van der Waals surface area contributed by atoms with Gasteiger partial charge in [-0.3, -0.25) is 0 Å². The summed E-state index contributed by atoms with van der Waals surface area (Å²) >= 11 is 3.46. The van der Waals surface area contributed by atoms with Crippen molar-refractivity contribution in [1.82, 2.24) is 5.32 Å². The molecule has 0 bridgehead atoms. The number of ether oxygens (including phenoxy) is 1. The van der Waals surface area contributed by atoms with Crippen LogP contribution >= 0.6 is 15.9 Å². The van der Waals surface area contributed by atoms with Gasteiger partial charge in [-0.1, -0.05) is 29.3 Å². The van der Waals surface area contributed by atoms with E-state index >= 15 is 0 Å². The van der Waals surface area contributed by atoms with Crippen LogP contribution in [0.3, 0.4) is 0 Å². The van der Waals surface area contributed by atoms with Gasteiger partial charge in [0, 0.05) is 11.0 Å². The molecule has 1 unspecified atom stereocenters. The predicted molar refractivity (Wildman–Crippen MR) is 72.1 cm³/mol. The molecule has 90 valence electrons. The second-order valence-electron chi connectivity index (χ2n) is 4.00. The van der Waals surface area contributed by atoms with Crippen molar-refractivity contribution in [1.29, 1.82) is 0 Å². The first kappa shape index (κ1) is 13.5. The molecule has 0 radical (unpaired) electrons. The van der Waals surface area contributed by atoms with Gasteiger partial charge in [0.1, 0.15) is 11.9 Å². The molecular weight excluding hydrogens is 266 g/mol. The van der Waals surface area contributed by atoms with Crippen LogP contribution in [0.1, 0.15) is 25.3 Å². The molecule has 0 spiro atoms. The van der Waals surface area contributed by atoms with Crippen molar-refractivity contribution in [3.05, 3.63) is 28.2 Å². The average Bonchev–Trinajstić information content (AvgIpc) is 2.23. The third kappa shape index (κ3) is 4.14. The van der Waals surface area contributed by atoms with E-state index in [-0.39, 0.29) is 6.10 Å². The molecular formula is C13H20BrNO. The van der Waals surface area contributed by atoms with Crippen LogP contribution in [0.2, 0.25) is 0 Å². The van der Waals surface area contributed by atoms with Crippen LogP contribution in [0.4, 0.5) is 0 Å². The zero-order valence-corrected chi connectivity index (χ0v) is 11.8. The summed E-state index contributed by atoms with van der Waals surface area (Å²) in [6.07, 6.45) is 2.48. The Morgan fingerprint density at radius 3 is 2.75 bits per heavy atom. The maximum Gasteiger partial charge on any atom is 0.122 e. The molecule has 0 fully saturated rings. The standard InChI is InChI=1S/C13H20BrNO/c1-4-5-12(9-15-3)16-13-7-6-11(14)8-10(13)2/h6-8,12,15H,4-5,9H2,1-3H3. The van der Waals surface area contributed by atoms with Gasteiger partial charge in [0.15, 0.2) is 0 Å². The minimum absolute atomic E-state index is 0.259. The highest BCUT2D eigenvalue weighted by molar-refractivity contribution is 9.10. The molecule has 0 heterocycles. The highest BCUT2D eigenvalue weighted by Crippen LogP contribution is 2.23. The van der Waals surface area contributed by atoms with Gasteiger partial charge < -0.3 is 10.1 Å².